The fraction of sp³-hybridized carbons (Fsp3) is 0.423. The van der Waals surface area contributed by atoms with Gasteiger partial charge in [-0.1, -0.05) is 45.4 Å². The van der Waals surface area contributed by atoms with Gasteiger partial charge in [0.2, 0.25) is 24.1 Å². The Balaban J connectivity index is 1.04. The highest BCUT2D eigenvalue weighted by molar-refractivity contribution is 5.96. The van der Waals surface area contributed by atoms with Gasteiger partial charge in [0.05, 0.1) is 36.6 Å². The van der Waals surface area contributed by atoms with Crippen molar-refractivity contribution in [3.05, 3.63) is 98.9 Å². The highest BCUT2D eigenvalue weighted by atomic mass is 16.6. The molecular weight excluding hydrogens is 945 g/mol. The van der Waals surface area contributed by atoms with Gasteiger partial charge in [0, 0.05) is 75.0 Å². The lowest BCUT2D eigenvalue weighted by Crippen LogP contribution is -2.51. The Morgan fingerprint density at radius 1 is 0.890 bits per heavy atom. The van der Waals surface area contributed by atoms with Crippen LogP contribution in [0.5, 0.6) is 5.75 Å². The number of carbonyl (C=O) groups is 8. The average molecular weight is 1010 g/mol. The van der Waals surface area contributed by atoms with E-state index in [2.05, 4.69) is 16.0 Å². The number of allylic oxidation sites excluding steroid dienone is 1. The molecule has 0 spiro atoms. The fourth-order valence-corrected chi connectivity index (χ4v) is 8.10. The number of amides is 7. The van der Waals surface area contributed by atoms with Crippen LogP contribution in [0.15, 0.2) is 65.5 Å². The first-order valence-electron chi connectivity index (χ1n) is 23.9. The third-order valence-electron chi connectivity index (χ3n) is 12.2. The van der Waals surface area contributed by atoms with E-state index in [1.54, 1.807) is 79.9 Å². The van der Waals surface area contributed by atoms with E-state index in [0.717, 1.165) is 21.4 Å². The van der Waals surface area contributed by atoms with E-state index in [1.165, 1.54) is 37.1 Å². The SMILES string of the molecule is C/C=C\C(=O)N(C=O)CCCCCC(=O)NC(C(=O)NCC(=O)Nc1ccc(COC(=O)N(C)CCN(C)C(=O)Oc2ccc3nc4c(c(CC)c3c2)Cn2c-4cc(C(O)C=O)c(COC)c2=O)cc1)C(C)C. The minimum atomic E-state index is -1.51. The second-order valence-corrected chi connectivity index (χ2v) is 17.8. The van der Waals surface area contributed by atoms with Gasteiger partial charge in [-0.25, -0.2) is 14.6 Å². The number of aromatic nitrogens is 2. The largest absolute Gasteiger partial charge is 0.445 e. The van der Waals surface area contributed by atoms with Crippen LogP contribution in [0.2, 0.25) is 0 Å². The molecule has 1 aliphatic rings. The number of likely N-dealkylation sites (N-methyl/N-ethyl adjacent to an activating group) is 2. The molecule has 0 saturated heterocycles. The van der Waals surface area contributed by atoms with Crippen molar-refractivity contribution in [2.75, 3.05) is 52.7 Å². The molecular formula is C52H64N8O13. The predicted octanol–water partition coefficient (Wildman–Crippen LogP) is 4.38. The van der Waals surface area contributed by atoms with Gasteiger partial charge in [0.1, 0.15) is 24.5 Å². The summed E-state index contributed by atoms with van der Waals surface area (Å²) in [6.07, 6.45) is 3.19. The van der Waals surface area contributed by atoms with Gasteiger partial charge in [-0.15, -0.1) is 0 Å². The molecule has 2 aromatic carbocycles. The Kier molecular flexibility index (Phi) is 20.5. The summed E-state index contributed by atoms with van der Waals surface area (Å²) in [7, 11) is 4.49. The molecule has 21 heteroatoms. The number of ether oxygens (including phenoxy) is 3. The molecule has 2 atom stereocenters. The van der Waals surface area contributed by atoms with Crippen LogP contribution in [0.25, 0.3) is 22.3 Å². The van der Waals surface area contributed by atoms with Crippen LogP contribution in [0, 0.1) is 5.92 Å². The number of aldehydes is 1. The van der Waals surface area contributed by atoms with Crippen LogP contribution in [0.1, 0.15) is 87.3 Å². The zero-order valence-corrected chi connectivity index (χ0v) is 42.2. The molecule has 0 aliphatic carbocycles. The molecule has 4 aromatic rings. The van der Waals surface area contributed by atoms with E-state index in [1.807, 2.05) is 6.92 Å². The number of aryl methyl sites for hydroxylation is 1. The Hall–Kier alpha value is -7.78. The Morgan fingerprint density at radius 2 is 1.60 bits per heavy atom. The first kappa shape index (κ1) is 56.1. The Labute approximate surface area is 422 Å². The average Bonchev–Trinajstić information content (AvgIpc) is 3.74. The van der Waals surface area contributed by atoms with Crippen molar-refractivity contribution >= 4 is 65.1 Å². The van der Waals surface area contributed by atoms with Gasteiger partial charge < -0.3 is 54.4 Å². The number of nitrogens with one attached hydrogen (secondary N) is 3. The van der Waals surface area contributed by atoms with E-state index < -0.39 is 42.1 Å². The number of aliphatic hydroxyl groups excluding tert-OH is 1. The maximum atomic E-state index is 13.6. The number of aliphatic hydroxyl groups is 1. The van der Waals surface area contributed by atoms with Gasteiger partial charge in [-0.2, -0.15) is 0 Å². The number of nitrogens with zero attached hydrogens (tertiary/aromatic N) is 5. The van der Waals surface area contributed by atoms with Gasteiger partial charge in [0.25, 0.3) is 11.5 Å². The molecule has 3 heterocycles. The number of imide groups is 1. The molecule has 7 amide bonds. The molecule has 2 aromatic heterocycles. The smallest absolute Gasteiger partial charge is 0.415 e. The molecule has 390 valence electrons. The molecule has 4 N–H and O–H groups in total. The first-order valence-corrected chi connectivity index (χ1v) is 23.9. The van der Waals surface area contributed by atoms with Crippen molar-refractivity contribution in [1.82, 2.24) is 34.9 Å². The molecule has 0 bridgehead atoms. The van der Waals surface area contributed by atoms with Crippen molar-refractivity contribution in [3.63, 3.8) is 0 Å². The van der Waals surface area contributed by atoms with Crippen LogP contribution >= 0.6 is 0 Å². The summed E-state index contributed by atoms with van der Waals surface area (Å²) in [6, 6.07) is 12.3. The van der Waals surface area contributed by atoms with Crippen molar-refractivity contribution in [2.45, 2.75) is 91.7 Å². The third kappa shape index (κ3) is 14.7. The summed E-state index contributed by atoms with van der Waals surface area (Å²) in [6.45, 7) is 7.35. The lowest BCUT2D eigenvalue weighted by Gasteiger charge is -2.22. The summed E-state index contributed by atoms with van der Waals surface area (Å²) in [4.78, 5) is 121. The number of benzene rings is 2. The number of fused-ring (bicyclic) bond motifs is 4. The number of carbonyl (C=O) groups excluding carboxylic acids is 8. The van der Waals surface area contributed by atoms with Gasteiger partial charge in [0.15, 0.2) is 6.29 Å². The molecule has 2 unspecified atom stereocenters. The number of pyridine rings is 2. The standard InChI is InChI=1S/C52H64N8O13/c1-8-13-46(66)59(31-62)21-12-10-11-14-44(64)56-47(32(3)4)49(67)53-26-45(65)54-34-17-15-33(16-18-34)29-72-51(69)57(5)22-23-58(6)52(70)73-35-19-20-41-37(24-35)36(9-2)39-27-60-42(48(39)55-41)25-38(43(63)28-61)40(30-71-7)50(60)68/h8,13,15-20,24-25,28,31-32,43,47,63H,9-12,14,21-23,26-27,29-30H2,1-7H3,(H,53,67)(H,54,65)(H,56,64)/b13-8-. The summed E-state index contributed by atoms with van der Waals surface area (Å²) in [5.74, 6) is -1.77. The number of hydrogen-bond donors (Lipinski definition) is 4. The molecule has 5 rings (SSSR count). The predicted molar refractivity (Wildman–Crippen MR) is 269 cm³/mol. The van der Waals surface area contributed by atoms with Crippen LogP contribution < -0.4 is 26.2 Å². The summed E-state index contributed by atoms with van der Waals surface area (Å²) >= 11 is 0. The number of unbranched alkanes of at least 4 members (excludes halogenated alkanes) is 2. The van der Waals surface area contributed by atoms with Crippen molar-refractivity contribution < 1.29 is 57.7 Å². The minimum absolute atomic E-state index is 0.0773. The lowest BCUT2D eigenvalue weighted by molar-refractivity contribution is -0.134. The second kappa shape index (κ2) is 26.6. The van der Waals surface area contributed by atoms with E-state index >= 15 is 0 Å². The number of hydrogen-bond acceptors (Lipinski definition) is 14. The normalized spacial score (nSPS) is 12.3. The van der Waals surface area contributed by atoms with E-state index in [0.29, 0.717) is 66.5 Å². The molecule has 21 nitrogen and oxygen atoms in total. The number of rotatable bonds is 25. The maximum Gasteiger partial charge on any atom is 0.415 e. The van der Waals surface area contributed by atoms with Crippen LogP contribution in [0.4, 0.5) is 15.3 Å². The van der Waals surface area contributed by atoms with Crippen LogP contribution in [0.3, 0.4) is 0 Å². The van der Waals surface area contributed by atoms with Crippen LogP contribution in [-0.4, -0.2) is 131 Å². The fourth-order valence-electron chi connectivity index (χ4n) is 8.10. The van der Waals surface area contributed by atoms with Crippen molar-refractivity contribution in [2.24, 2.45) is 5.92 Å². The van der Waals surface area contributed by atoms with E-state index in [4.69, 9.17) is 19.2 Å². The quantitative estimate of drug-likeness (QED) is 0.0359. The van der Waals surface area contributed by atoms with Crippen molar-refractivity contribution in [1.29, 1.82) is 0 Å². The second-order valence-electron chi connectivity index (χ2n) is 17.8. The van der Waals surface area contributed by atoms with E-state index in [-0.39, 0.29) is 86.6 Å². The van der Waals surface area contributed by atoms with E-state index in [9.17, 15) is 48.3 Å². The maximum absolute atomic E-state index is 13.6. The summed E-state index contributed by atoms with van der Waals surface area (Å²) < 4.78 is 17.9. The van der Waals surface area contributed by atoms with Crippen LogP contribution in [-0.2, 0) is 64.4 Å². The Bertz CT molecular complexity index is 2770. The monoisotopic (exact) mass is 1010 g/mol. The molecule has 0 radical (unpaired) electrons. The highest BCUT2D eigenvalue weighted by Gasteiger charge is 2.30. The van der Waals surface area contributed by atoms with Crippen molar-refractivity contribution in [3.8, 4) is 17.1 Å². The molecule has 73 heavy (non-hydrogen) atoms. The first-order chi connectivity index (χ1) is 34.9. The lowest BCUT2D eigenvalue weighted by atomic mass is 9.98. The zero-order valence-electron chi connectivity index (χ0n) is 42.2. The molecule has 0 saturated carbocycles. The topological polar surface area (TPSA) is 265 Å². The number of anilines is 1. The van der Waals surface area contributed by atoms with Gasteiger partial charge >= 0.3 is 12.2 Å². The molecule has 0 fully saturated rings. The highest BCUT2D eigenvalue weighted by Crippen LogP contribution is 2.38. The number of methoxy groups -OCH3 is 1. The third-order valence-corrected chi connectivity index (χ3v) is 12.2. The molecule has 1 aliphatic heterocycles. The van der Waals surface area contributed by atoms with Gasteiger partial charge in [-0.3, -0.25) is 33.7 Å². The zero-order chi connectivity index (χ0) is 53.4. The van der Waals surface area contributed by atoms with Gasteiger partial charge in [-0.05, 0) is 85.7 Å². The summed E-state index contributed by atoms with van der Waals surface area (Å²) in [5.41, 5.74) is 4.35. The summed E-state index contributed by atoms with van der Waals surface area (Å²) in [5, 5.41) is 19.1. The minimum Gasteiger partial charge on any atom is -0.445 e. The Morgan fingerprint density at radius 3 is 2.25 bits per heavy atom.